The molecule has 1 unspecified atom stereocenters. The van der Waals surface area contributed by atoms with E-state index in [1.807, 2.05) is 4.90 Å². The number of aliphatic carboxylic acids is 1. The molecule has 0 aromatic heterocycles. The third-order valence-electron chi connectivity index (χ3n) is 2.99. The van der Waals surface area contributed by atoms with Gasteiger partial charge in [0, 0.05) is 33.8 Å². The molecule has 1 heterocycles. The van der Waals surface area contributed by atoms with Gasteiger partial charge in [0.1, 0.15) is 0 Å². The number of likely N-dealkylation sites (N-methyl/N-ethyl adjacent to an activating group) is 1. The van der Waals surface area contributed by atoms with Gasteiger partial charge in [0.15, 0.2) is 0 Å². The van der Waals surface area contributed by atoms with E-state index < -0.39 is 12.0 Å². The molecule has 0 aromatic rings. The topological polar surface area (TPSA) is 70.1 Å². The molecule has 1 aliphatic heterocycles. The minimum absolute atomic E-state index is 0.110. The number of carboxylic acid groups (broad SMARTS) is 1. The molecule has 1 aliphatic rings. The van der Waals surface area contributed by atoms with E-state index >= 15 is 0 Å². The van der Waals surface area contributed by atoms with Crippen LogP contribution >= 0.6 is 0 Å². The van der Waals surface area contributed by atoms with Crippen LogP contribution < -0.4 is 0 Å². The number of carbonyl (C=O) groups is 2. The molecule has 0 aliphatic carbocycles. The quantitative estimate of drug-likeness (QED) is 0.715. The summed E-state index contributed by atoms with van der Waals surface area (Å²) < 4.78 is 4.99. The zero-order valence-electron chi connectivity index (χ0n) is 10.4. The van der Waals surface area contributed by atoms with E-state index in [4.69, 9.17) is 9.84 Å². The fourth-order valence-corrected chi connectivity index (χ4v) is 2.05. The highest BCUT2D eigenvalue weighted by molar-refractivity contribution is 5.86. The third-order valence-corrected chi connectivity index (χ3v) is 2.99. The first-order valence-corrected chi connectivity index (χ1v) is 5.76. The Morgan fingerprint density at radius 2 is 2.24 bits per heavy atom. The first-order valence-electron chi connectivity index (χ1n) is 5.76. The number of amides is 1. The van der Waals surface area contributed by atoms with Gasteiger partial charge in [-0.25, -0.2) is 0 Å². The van der Waals surface area contributed by atoms with Crippen LogP contribution in [-0.4, -0.2) is 73.2 Å². The van der Waals surface area contributed by atoms with Crippen molar-refractivity contribution in [2.75, 3.05) is 40.4 Å². The zero-order valence-corrected chi connectivity index (χ0v) is 10.4. The highest BCUT2D eigenvalue weighted by atomic mass is 16.5. The molecule has 6 heteroatoms. The smallest absolute Gasteiger partial charge is 0.305 e. The summed E-state index contributed by atoms with van der Waals surface area (Å²) in [5, 5.41) is 8.88. The molecule has 0 aromatic carbocycles. The van der Waals surface area contributed by atoms with Crippen LogP contribution in [0.2, 0.25) is 0 Å². The van der Waals surface area contributed by atoms with Crippen molar-refractivity contribution in [2.24, 2.45) is 0 Å². The zero-order chi connectivity index (χ0) is 12.8. The number of hydrogen-bond acceptors (Lipinski definition) is 4. The monoisotopic (exact) mass is 244 g/mol. The SMILES string of the molecule is COCCN1CCCN(C)C(=O)C1CC(=O)O. The summed E-state index contributed by atoms with van der Waals surface area (Å²) in [6.07, 6.45) is 0.717. The molecular formula is C11H20N2O4. The molecule has 1 saturated heterocycles. The standard InChI is InChI=1S/C11H20N2O4/c1-12-4-3-5-13(6-7-17-2)9(11(12)16)8-10(14)15/h9H,3-8H2,1-2H3,(H,14,15). The van der Waals surface area contributed by atoms with Gasteiger partial charge in [-0.3, -0.25) is 14.5 Å². The Bertz CT molecular complexity index is 281. The second-order valence-corrected chi connectivity index (χ2v) is 4.26. The minimum Gasteiger partial charge on any atom is -0.481 e. The van der Waals surface area contributed by atoms with E-state index in [0.29, 0.717) is 19.7 Å². The maximum atomic E-state index is 12.0. The highest BCUT2D eigenvalue weighted by Gasteiger charge is 2.32. The van der Waals surface area contributed by atoms with Crippen molar-refractivity contribution < 1.29 is 19.4 Å². The molecule has 1 fully saturated rings. The summed E-state index contributed by atoms with van der Waals surface area (Å²) in [5.41, 5.74) is 0. The minimum atomic E-state index is -0.943. The predicted molar refractivity (Wildman–Crippen MR) is 61.7 cm³/mol. The molecule has 0 saturated carbocycles. The molecular weight excluding hydrogens is 224 g/mol. The first kappa shape index (κ1) is 13.9. The molecule has 1 N–H and O–H groups in total. The number of methoxy groups -OCH3 is 1. The second-order valence-electron chi connectivity index (χ2n) is 4.26. The fourth-order valence-electron chi connectivity index (χ4n) is 2.05. The van der Waals surface area contributed by atoms with Crippen LogP contribution in [0.5, 0.6) is 0 Å². The number of carbonyl (C=O) groups excluding carboxylic acids is 1. The van der Waals surface area contributed by atoms with Crippen molar-refractivity contribution in [3.8, 4) is 0 Å². The van der Waals surface area contributed by atoms with Gasteiger partial charge >= 0.3 is 5.97 Å². The van der Waals surface area contributed by atoms with Gasteiger partial charge in [-0.2, -0.15) is 0 Å². The van der Waals surface area contributed by atoms with Crippen LogP contribution in [-0.2, 0) is 14.3 Å². The van der Waals surface area contributed by atoms with Crippen molar-refractivity contribution >= 4 is 11.9 Å². The average molecular weight is 244 g/mol. The van der Waals surface area contributed by atoms with Gasteiger partial charge in [-0.15, -0.1) is 0 Å². The molecule has 1 atom stereocenters. The predicted octanol–water partition coefficient (Wildman–Crippen LogP) is -0.360. The van der Waals surface area contributed by atoms with Gasteiger partial charge in [0.05, 0.1) is 19.1 Å². The number of nitrogens with zero attached hydrogens (tertiary/aromatic N) is 2. The van der Waals surface area contributed by atoms with Crippen LogP contribution in [0, 0.1) is 0 Å². The third kappa shape index (κ3) is 3.98. The summed E-state index contributed by atoms with van der Waals surface area (Å²) in [6, 6.07) is -0.560. The van der Waals surface area contributed by atoms with Crippen molar-refractivity contribution in [2.45, 2.75) is 18.9 Å². The second kappa shape index (κ2) is 6.56. The lowest BCUT2D eigenvalue weighted by Crippen LogP contribution is -2.47. The summed E-state index contributed by atoms with van der Waals surface area (Å²) in [6.45, 7) is 2.51. The fraction of sp³-hybridized carbons (Fsp3) is 0.818. The summed E-state index contributed by atoms with van der Waals surface area (Å²) in [7, 11) is 3.31. The lowest BCUT2D eigenvalue weighted by Gasteiger charge is -2.28. The van der Waals surface area contributed by atoms with Gasteiger partial charge in [0.2, 0.25) is 5.91 Å². The van der Waals surface area contributed by atoms with Crippen molar-refractivity contribution in [3.63, 3.8) is 0 Å². The Labute approximate surface area is 101 Å². The Hall–Kier alpha value is -1.14. The molecule has 17 heavy (non-hydrogen) atoms. The van der Waals surface area contributed by atoms with E-state index in [1.54, 1.807) is 19.1 Å². The number of carboxylic acids is 1. The Morgan fingerprint density at radius 1 is 1.53 bits per heavy atom. The molecule has 1 amide bonds. The van der Waals surface area contributed by atoms with Crippen LogP contribution in [0.1, 0.15) is 12.8 Å². The highest BCUT2D eigenvalue weighted by Crippen LogP contribution is 2.13. The molecule has 0 radical (unpaired) electrons. The van der Waals surface area contributed by atoms with Crippen molar-refractivity contribution in [3.05, 3.63) is 0 Å². The van der Waals surface area contributed by atoms with E-state index in [-0.39, 0.29) is 12.3 Å². The van der Waals surface area contributed by atoms with Crippen molar-refractivity contribution in [1.29, 1.82) is 0 Å². The Balaban J connectivity index is 2.74. The van der Waals surface area contributed by atoms with Crippen LogP contribution in [0.15, 0.2) is 0 Å². The lowest BCUT2D eigenvalue weighted by molar-refractivity contribution is -0.144. The van der Waals surface area contributed by atoms with Gasteiger partial charge in [0.25, 0.3) is 0 Å². The maximum absolute atomic E-state index is 12.0. The number of hydrogen-bond donors (Lipinski definition) is 1. The average Bonchev–Trinajstić information content (AvgIpc) is 2.40. The van der Waals surface area contributed by atoms with E-state index in [1.165, 1.54) is 0 Å². The van der Waals surface area contributed by atoms with Crippen LogP contribution in [0.4, 0.5) is 0 Å². The van der Waals surface area contributed by atoms with Gasteiger partial charge in [-0.05, 0) is 6.42 Å². The molecule has 0 bridgehead atoms. The molecule has 6 nitrogen and oxygen atoms in total. The Morgan fingerprint density at radius 3 is 2.82 bits per heavy atom. The largest absolute Gasteiger partial charge is 0.481 e. The molecule has 0 spiro atoms. The number of ether oxygens (including phenoxy) is 1. The van der Waals surface area contributed by atoms with Crippen molar-refractivity contribution in [1.82, 2.24) is 9.80 Å². The first-order chi connectivity index (χ1) is 8.06. The van der Waals surface area contributed by atoms with Gasteiger partial charge in [-0.1, -0.05) is 0 Å². The molecule has 1 rings (SSSR count). The van der Waals surface area contributed by atoms with E-state index in [0.717, 1.165) is 13.0 Å². The van der Waals surface area contributed by atoms with Crippen LogP contribution in [0.25, 0.3) is 0 Å². The maximum Gasteiger partial charge on any atom is 0.305 e. The lowest BCUT2D eigenvalue weighted by atomic mass is 10.1. The van der Waals surface area contributed by atoms with Gasteiger partial charge < -0.3 is 14.7 Å². The summed E-state index contributed by atoms with van der Waals surface area (Å²) in [4.78, 5) is 26.4. The normalized spacial score (nSPS) is 22.6. The van der Waals surface area contributed by atoms with Crippen LogP contribution in [0.3, 0.4) is 0 Å². The summed E-state index contributed by atoms with van der Waals surface area (Å²) in [5.74, 6) is -1.05. The molecule has 98 valence electrons. The number of rotatable bonds is 5. The summed E-state index contributed by atoms with van der Waals surface area (Å²) >= 11 is 0. The van der Waals surface area contributed by atoms with E-state index in [9.17, 15) is 9.59 Å². The Kier molecular flexibility index (Phi) is 5.37. The van der Waals surface area contributed by atoms with E-state index in [2.05, 4.69) is 0 Å².